The lowest BCUT2D eigenvalue weighted by molar-refractivity contribution is -0.134. The first-order chi connectivity index (χ1) is 17.7. The predicted octanol–water partition coefficient (Wildman–Crippen LogP) is 9.15. The predicted molar refractivity (Wildman–Crippen MR) is 157 cm³/mol. The van der Waals surface area contributed by atoms with Crippen molar-refractivity contribution in [3.63, 3.8) is 0 Å². The summed E-state index contributed by atoms with van der Waals surface area (Å²) in [5.74, 6) is 3.16. The zero-order valence-corrected chi connectivity index (χ0v) is 26.1. The van der Waals surface area contributed by atoms with Gasteiger partial charge in [-0.1, -0.05) is 72.6 Å². The minimum atomic E-state index is -0.833. The second-order valence-corrected chi connectivity index (χ2v) is 12.5. The monoisotopic (exact) mass is 532 g/mol. The standard InChI is InChI=1S/C31H52O3.C2H4O2/c1-21(2)13-10-14-22(3)15-11-16-23(4)17-12-19-31(9)20-18-28-26(7)29(33-27(8)32)24(5)25(6)30(28)34-31;1-2(3)4/h21-23H,10-20H2,1-9H3;1H3,(H,3,4)/t22-,23-,31-;/m1./s1. The summed E-state index contributed by atoms with van der Waals surface area (Å²) in [5, 5.41) is 7.42. The molecule has 1 N–H and O–H groups in total. The number of carbonyl (C=O) groups is 2. The van der Waals surface area contributed by atoms with Crippen LogP contribution in [0.25, 0.3) is 0 Å². The SMILES string of the molecule is CC(=O)O.CC(=O)Oc1c(C)c(C)c2c(c1C)CC[C@@](C)(CCC[C@H](C)CCC[C@H](C)CCCC(C)C)O2. The summed E-state index contributed by atoms with van der Waals surface area (Å²) in [7, 11) is 0. The molecule has 0 spiro atoms. The molecule has 38 heavy (non-hydrogen) atoms. The fourth-order valence-electron chi connectivity index (χ4n) is 5.56. The molecule has 1 aromatic carbocycles. The van der Waals surface area contributed by atoms with E-state index in [9.17, 15) is 4.79 Å². The number of rotatable bonds is 13. The molecule has 0 fully saturated rings. The molecule has 1 aromatic rings. The maximum Gasteiger partial charge on any atom is 0.308 e. The van der Waals surface area contributed by atoms with Gasteiger partial charge in [0.1, 0.15) is 17.1 Å². The molecule has 0 aliphatic carbocycles. The Morgan fingerprint density at radius 3 is 1.87 bits per heavy atom. The van der Waals surface area contributed by atoms with Gasteiger partial charge in [0.2, 0.25) is 0 Å². The van der Waals surface area contributed by atoms with Crippen LogP contribution in [0.3, 0.4) is 0 Å². The highest BCUT2D eigenvalue weighted by molar-refractivity contribution is 5.72. The van der Waals surface area contributed by atoms with Crippen molar-refractivity contribution in [1.29, 1.82) is 0 Å². The van der Waals surface area contributed by atoms with Gasteiger partial charge in [0, 0.05) is 19.4 Å². The molecule has 0 radical (unpaired) electrons. The molecule has 0 saturated heterocycles. The molecule has 218 valence electrons. The van der Waals surface area contributed by atoms with E-state index >= 15 is 0 Å². The Bertz CT molecular complexity index is 899. The van der Waals surface area contributed by atoms with Crippen LogP contribution in [-0.4, -0.2) is 22.6 Å². The van der Waals surface area contributed by atoms with E-state index in [0.717, 1.165) is 72.1 Å². The molecule has 0 unspecified atom stereocenters. The number of carbonyl (C=O) groups excluding carboxylic acids is 1. The van der Waals surface area contributed by atoms with Gasteiger partial charge in [0.25, 0.3) is 5.97 Å². The van der Waals surface area contributed by atoms with Crippen molar-refractivity contribution in [3.05, 3.63) is 22.3 Å². The minimum absolute atomic E-state index is 0.107. The fourth-order valence-corrected chi connectivity index (χ4v) is 5.56. The smallest absolute Gasteiger partial charge is 0.308 e. The summed E-state index contributed by atoms with van der Waals surface area (Å²) in [6.07, 6.45) is 13.9. The lowest BCUT2D eigenvalue weighted by Crippen LogP contribution is -2.37. The van der Waals surface area contributed by atoms with E-state index in [0.29, 0.717) is 0 Å². The summed E-state index contributed by atoms with van der Waals surface area (Å²) >= 11 is 0. The Morgan fingerprint density at radius 1 is 0.868 bits per heavy atom. The number of ether oxygens (including phenoxy) is 2. The first-order valence-corrected chi connectivity index (χ1v) is 14.9. The molecular weight excluding hydrogens is 476 g/mol. The van der Waals surface area contributed by atoms with Gasteiger partial charge >= 0.3 is 5.97 Å². The number of benzene rings is 1. The van der Waals surface area contributed by atoms with Gasteiger partial charge in [-0.3, -0.25) is 9.59 Å². The van der Waals surface area contributed by atoms with Crippen molar-refractivity contribution in [1.82, 2.24) is 0 Å². The van der Waals surface area contributed by atoms with Gasteiger partial charge in [-0.25, -0.2) is 0 Å². The molecule has 1 aliphatic heterocycles. The molecule has 5 heteroatoms. The summed E-state index contributed by atoms with van der Waals surface area (Å²) in [6.45, 7) is 20.5. The van der Waals surface area contributed by atoms with Crippen LogP contribution >= 0.6 is 0 Å². The topological polar surface area (TPSA) is 72.8 Å². The number of carboxylic acids is 1. The van der Waals surface area contributed by atoms with Crippen LogP contribution in [0.4, 0.5) is 0 Å². The van der Waals surface area contributed by atoms with Crippen molar-refractivity contribution >= 4 is 11.9 Å². The number of hydrogen-bond acceptors (Lipinski definition) is 4. The Labute approximate surface area is 233 Å². The maximum atomic E-state index is 11.6. The van der Waals surface area contributed by atoms with Crippen LogP contribution in [0.15, 0.2) is 0 Å². The molecule has 1 heterocycles. The van der Waals surface area contributed by atoms with E-state index in [4.69, 9.17) is 19.4 Å². The molecule has 0 saturated carbocycles. The number of aliphatic carboxylic acids is 1. The Kier molecular flexibility index (Phi) is 14.4. The van der Waals surface area contributed by atoms with Gasteiger partial charge in [-0.05, 0) is 87.8 Å². The van der Waals surface area contributed by atoms with Crippen LogP contribution in [-0.2, 0) is 16.0 Å². The van der Waals surface area contributed by atoms with Crippen LogP contribution in [0.1, 0.15) is 135 Å². The van der Waals surface area contributed by atoms with Crippen molar-refractivity contribution in [2.45, 2.75) is 145 Å². The second-order valence-electron chi connectivity index (χ2n) is 12.5. The third-order valence-electron chi connectivity index (χ3n) is 8.08. The number of fused-ring (bicyclic) bond motifs is 1. The number of esters is 1. The molecule has 5 nitrogen and oxygen atoms in total. The van der Waals surface area contributed by atoms with Crippen LogP contribution in [0.5, 0.6) is 11.5 Å². The molecule has 2 rings (SSSR count). The summed E-state index contributed by atoms with van der Waals surface area (Å²) in [6, 6.07) is 0. The number of carboxylic acid groups (broad SMARTS) is 1. The molecule has 1 aliphatic rings. The molecular formula is C33H56O5. The molecule has 0 aromatic heterocycles. The van der Waals surface area contributed by atoms with Crippen molar-refractivity contribution in [2.24, 2.45) is 17.8 Å². The lowest BCUT2D eigenvalue weighted by Gasteiger charge is -2.38. The first kappa shape index (κ1) is 34.0. The third kappa shape index (κ3) is 11.8. The van der Waals surface area contributed by atoms with Gasteiger partial charge < -0.3 is 14.6 Å². The van der Waals surface area contributed by atoms with E-state index in [1.165, 1.54) is 63.9 Å². The van der Waals surface area contributed by atoms with Gasteiger partial charge in [0.15, 0.2) is 0 Å². The zero-order valence-electron chi connectivity index (χ0n) is 26.1. The highest BCUT2D eigenvalue weighted by atomic mass is 16.5. The van der Waals surface area contributed by atoms with Crippen molar-refractivity contribution in [2.75, 3.05) is 0 Å². The molecule has 0 bridgehead atoms. The van der Waals surface area contributed by atoms with Crippen LogP contribution in [0.2, 0.25) is 0 Å². The van der Waals surface area contributed by atoms with E-state index < -0.39 is 5.97 Å². The molecule has 0 amide bonds. The fraction of sp³-hybridized carbons (Fsp3) is 0.758. The largest absolute Gasteiger partial charge is 0.487 e. The second kappa shape index (κ2) is 16.2. The van der Waals surface area contributed by atoms with E-state index in [2.05, 4.69) is 48.5 Å². The molecule has 3 atom stereocenters. The zero-order chi connectivity index (χ0) is 29.0. The Hall–Kier alpha value is -2.04. The normalized spacial score (nSPS) is 18.1. The quantitative estimate of drug-likeness (QED) is 0.202. The first-order valence-electron chi connectivity index (χ1n) is 14.9. The van der Waals surface area contributed by atoms with Gasteiger partial charge in [-0.2, -0.15) is 0 Å². The number of hydrogen-bond donors (Lipinski definition) is 1. The summed E-state index contributed by atoms with van der Waals surface area (Å²) in [5.41, 5.74) is 4.29. The van der Waals surface area contributed by atoms with Crippen molar-refractivity contribution in [3.8, 4) is 11.5 Å². The lowest BCUT2D eigenvalue weighted by atomic mass is 9.83. The highest BCUT2D eigenvalue weighted by Gasteiger charge is 2.34. The van der Waals surface area contributed by atoms with Crippen LogP contribution < -0.4 is 9.47 Å². The van der Waals surface area contributed by atoms with E-state index in [-0.39, 0.29) is 11.6 Å². The third-order valence-corrected chi connectivity index (χ3v) is 8.08. The average molecular weight is 533 g/mol. The van der Waals surface area contributed by atoms with E-state index in [1.54, 1.807) is 0 Å². The van der Waals surface area contributed by atoms with Crippen LogP contribution in [0, 0.1) is 38.5 Å². The minimum Gasteiger partial charge on any atom is -0.487 e. The van der Waals surface area contributed by atoms with Gasteiger partial charge in [-0.15, -0.1) is 0 Å². The summed E-state index contributed by atoms with van der Waals surface area (Å²) in [4.78, 5) is 20.6. The van der Waals surface area contributed by atoms with Crippen molar-refractivity contribution < 1.29 is 24.2 Å². The highest BCUT2D eigenvalue weighted by Crippen LogP contribution is 2.45. The Morgan fingerprint density at radius 2 is 1.37 bits per heavy atom. The average Bonchev–Trinajstić information content (AvgIpc) is 2.79. The maximum absolute atomic E-state index is 11.6. The van der Waals surface area contributed by atoms with Gasteiger partial charge in [0.05, 0.1) is 0 Å². The summed E-state index contributed by atoms with van der Waals surface area (Å²) < 4.78 is 12.2. The Balaban J connectivity index is 0.00000168. The van der Waals surface area contributed by atoms with E-state index in [1.807, 2.05) is 6.92 Å².